The van der Waals surface area contributed by atoms with Gasteiger partial charge < -0.3 is 9.72 Å². The van der Waals surface area contributed by atoms with Crippen LogP contribution >= 0.6 is 11.6 Å². The molecule has 0 unspecified atom stereocenters. The zero-order valence-corrected chi connectivity index (χ0v) is 8.21. The predicted molar refractivity (Wildman–Crippen MR) is 54.7 cm³/mol. The first-order chi connectivity index (χ1) is 6.86. The molecular formula is C10H9ClN2O. The topological polar surface area (TPSA) is 37.9 Å². The minimum absolute atomic E-state index is 0.425. The molecule has 1 N–H and O–H groups in total. The number of ether oxygens (including phenoxy) is 1. The first kappa shape index (κ1) is 8.26. The molecule has 3 nitrogen and oxygen atoms in total. The number of H-pyrrole nitrogens is 1. The SMILES string of the molecule is Clc1c(C2COC2)cnc2[nH]ccc12. The van der Waals surface area contributed by atoms with E-state index in [1.54, 1.807) is 0 Å². The molecule has 3 rings (SSSR count). The van der Waals surface area contributed by atoms with Gasteiger partial charge in [-0.1, -0.05) is 11.6 Å². The van der Waals surface area contributed by atoms with Crippen molar-refractivity contribution in [1.29, 1.82) is 0 Å². The van der Waals surface area contributed by atoms with Gasteiger partial charge in [0, 0.05) is 23.7 Å². The fourth-order valence-corrected chi connectivity index (χ4v) is 2.05. The van der Waals surface area contributed by atoms with Crippen molar-refractivity contribution < 1.29 is 4.74 Å². The lowest BCUT2D eigenvalue weighted by atomic mass is 9.99. The van der Waals surface area contributed by atoms with Crippen molar-refractivity contribution in [3.8, 4) is 0 Å². The Balaban J connectivity index is 2.19. The smallest absolute Gasteiger partial charge is 0.138 e. The van der Waals surface area contributed by atoms with E-state index in [2.05, 4.69) is 9.97 Å². The maximum atomic E-state index is 6.27. The van der Waals surface area contributed by atoms with Gasteiger partial charge in [-0.15, -0.1) is 0 Å². The maximum Gasteiger partial charge on any atom is 0.138 e. The molecule has 0 aliphatic carbocycles. The summed E-state index contributed by atoms with van der Waals surface area (Å²) in [6.07, 6.45) is 3.69. The van der Waals surface area contributed by atoms with Crippen LogP contribution in [0.4, 0.5) is 0 Å². The number of pyridine rings is 1. The van der Waals surface area contributed by atoms with Crippen molar-refractivity contribution in [2.24, 2.45) is 0 Å². The lowest BCUT2D eigenvalue weighted by molar-refractivity contribution is 0.00839. The summed E-state index contributed by atoms with van der Waals surface area (Å²) in [6, 6.07) is 1.95. The van der Waals surface area contributed by atoms with Crippen LogP contribution in [0.25, 0.3) is 11.0 Å². The van der Waals surface area contributed by atoms with Gasteiger partial charge in [-0.05, 0) is 11.6 Å². The zero-order valence-electron chi connectivity index (χ0n) is 7.46. The number of aromatic amines is 1. The monoisotopic (exact) mass is 208 g/mol. The quantitative estimate of drug-likeness (QED) is 0.781. The summed E-state index contributed by atoms with van der Waals surface area (Å²) in [5.41, 5.74) is 1.95. The molecular weight excluding hydrogens is 200 g/mol. The van der Waals surface area contributed by atoms with E-state index in [4.69, 9.17) is 16.3 Å². The van der Waals surface area contributed by atoms with Crippen molar-refractivity contribution in [1.82, 2.24) is 9.97 Å². The van der Waals surface area contributed by atoms with Crippen LogP contribution in [0.1, 0.15) is 11.5 Å². The number of fused-ring (bicyclic) bond motifs is 1. The molecule has 14 heavy (non-hydrogen) atoms. The Morgan fingerprint density at radius 3 is 3.07 bits per heavy atom. The van der Waals surface area contributed by atoms with E-state index in [-0.39, 0.29) is 0 Å². The molecule has 2 aromatic rings. The van der Waals surface area contributed by atoms with Gasteiger partial charge in [-0.2, -0.15) is 0 Å². The number of nitrogens with one attached hydrogen (secondary N) is 1. The Hall–Kier alpha value is -1.06. The fraction of sp³-hybridized carbons (Fsp3) is 0.300. The molecule has 0 saturated carbocycles. The summed E-state index contributed by atoms with van der Waals surface area (Å²) in [5, 5.41) is 1.81. The highest BCUT2D eigenvalue weighted by atomic mass is 35.5. The lowest BCUT2D eigenvalue weighted by Gasteiger charge is -2.26. The minimum Gasteiger partial charge on any atom is -0.380 e. The number of halogens is 1. The highest BCUT2D eigenvalue weighted by Crippen LogP contribution is 2.33. The zero-order chi connectivity index (χ0) is 9.54. The molecule has 3 heterocycles. The molecule has 0 spiro atoms. The number of hydrogen-bond acceptors (Lipinski definition) is 2. The molecule has 4 heteroatoms. The van der Waals surface area contributed by atoms with Crippen LogP contribution in [0.15, 0.2) is 18.5 Å². The van der Waals surface area contributed by atoms with E-state index in [1.807, 2.05) is 18.5 Å². The van der Waals surface area contributed by atoms with E-state index >= 15 is 0 Å². The predicted octanol–water partition coefficient (Wildman–Crippen LogP) is 2.33. The second-order valence-electron chi connectivity index (χ2n) is 3.50. The van der Waals surface area contributed by atoms with Crippen LogP contribution in [-0.4, -0.2) is 23.2 Å². The Morgan fingerprint density at radius 1 is 1.50 bits per heavy atom. The van der Waals surface area contributed by atoms with Crippen LogP contribution in [0.3, 0.4) is 0 Å². The highest BCUT2D eigenvalue weighted by Gasteiger charge is 2.24. The van der Waals surface area contributed by atoms with E-state index in [0.29, 0.717) is 5.92 Å². The summed E-state index contributed by atoms with van der Waals surface area (Å²) in [7, 11) is 0. The first-order valence-electron chi connectivity index (χ1n) is 4.55. The third-order valence-corrected chi connectivity index (χ3v) is 3.05. The Bertz CT molecular complexity index is 476. The second kappa shape index (κ2) is 2.97. The third kappa shape index (κ3) is 1.06. The lowest BCUT2D eigenvalue weighted by Crippen LogP contribution is -2.25. The summed E-state index contributed by atoms with van der Waals surface area (Å²) in [6.45, 7) is 1.52. The molecule has 1 aliphatic heterocycles. The van der Waals surface area contributed by atoms with Crippen molar-refractivity contribution in [3.05, 3.63) is 29.0 Å². The van der Waals surface area contributed by atoms with Crippen LogP contribution < -0.4 is 0 Å². The van der Waals surface area contributed by atoms with E-state index in [9.17, 15) is 0 Å². The Labute approximate surface area is 86.0 Å². The average molecular weight is 209 g/mol. The number of hydrogen-bond donors (Lipinski definition) is 1. The van der Waals surface area contributed by atoms with Gasteiger partial charge >= 0.3 is 0 Å². The molecule has 2 aromatic heterocycles. The van der Waals surface area contributed by atoms with Gasteiger partial charge in [-0.25, -0.2) is 4.98 Å². The van der Waals surface area contributed by atoms with Crippen molar-refractivity contribution in [3.63, 3.8) is 0 Å². The first-order valence-corrected chi connectivity index (χ1v) is 4.93. The summed E-state index contributed by atoms with van der Waals surface area (Å²) in [5.74, 6) is 0.425. The number of aromatic nitrogens is 2. The molecule has 72 valence electrons. The molecule has 1 aliphatic rings. The van der Waals surface area contributed by atoms with Crippen molar-refractivity contribution >= 4 is 22.6 Å². The summed E-state index contributed by atoms with van der Waals surface area (Å²) >= 11 is 6.27. The molecule has 0 amide bonds. The van der Waals surface area contributed by atoms with Crippen LogP contribution in [0.2, 0.25) is 5.02 Å². The van der Waals surface area contributed by atoms with Gasteiger partial charge in [-0.3, -0.25) is 0 Å². The molecule has 1 saturated heterocycles. The number of rotatable bonds is 1. The van der Waals surface area contributed by atoms with Crippen LogP contribution in [-0.2, 0) is 4.74 Å². The highest BCUT2D eigenvalue weighted by molar-refractivity contribution is 6.36. The van der Waals surface area contributed by atoms with Crippen molar-refractivity contribution in [2.45, 2.75) is 5.92 Å². The van der Waals surface area contributed by atoms with Crippen LogP contribution in [0.5, 0.6) is 0 Å². The molecule has 0 aromatic carbocycles. The normalized spacial score (nSPS) is 17.2. The third-order valence-electron chi connectivity index (χ3n) is 2.63. The van der Waals surface area contributed by atoms with Gasteiger partial charge in [0.25, 0.3) is 0 Å². The minimum atomic E-state index is 0.425. The van der Waals surface area contributed by atoms with Crippen molar-refractivity contribution in [2.75, 3.05) is 13.2 Å². The largest absolute Gasteiger partial charge is 0.380 e. The molecule has 1 fully saturated rings. The molecule has 0 radical (unpaired) electrons. The van der Waals surface area contributed by atoms with Gasteiger partial charge in [0.15, 0.2) is 0 Å². The number of nitrogens with zero attached hydrogens (tertiary/aromatic N) is 1. The second-order valence-corrected chi connectivity index (χ2v) is 3.88. The summed E-state index contributed by atoms with van der Waals surface area (Å²) < 4.78 is 5.14. The van der Waals surface area contributed by atoms with Gasteiger partial charge in [0.2, 0.25) is 0 Å². The molecule has 0 atom stereocenters. The Morgan fingerprint density at radius 2 is 2.36 bits per heavy atom. The van der Waals surface area contributed by atoms with E-state index < -0.39 is 0 Å². The fourth-order valence-electron chi connectivity index (χ4n) is 1.69. The maximum absolute atomic E-state index is 6.27. The van der Waals surface area contributed by atoms with Gasteiger partial charge in [0.1, 0.15) is 5.65 Å². The Kier molecular flexibility index (Phi) is 1.75. The van der Waals surface area contributed by atoms with Gasteiger partial charge in [0.05, 0.1) is 18.2 Å². The van der Waals surface area contributed by atoms with E-state index in [0.717, 1.165) is 34.8 Å². The molecule has 0 bridgehead atoms. The van der Waals surface area contributed by atoms with E-state index in [1.165, 1.54) is 0 Å². The average Bonchev–Trinajstić information content (AvgIpc) is 2.55. The van der Waals surface area contributed by atoms with Crippen LogP contribution in [0, 0.1) is 0 Å². The standard InChI is InChI=1S/C10H9ClN2O/c11-9-7-1-2-12-10(7)13-3-8(9)6-4-14-5-6/h1-3,6H,4-5H2,(H,12,13). The summed E-state index contributed by atoms with van der Waals surface area (Å²) in [4.78, 5) is 7.35.